The molecule has 0 spiro atoms. The summed E-state index contributed by atoms with van der Waals surface area (Å²) >= 11 is 0. The first kappa shape index (κ1) is 15.2. The Labute approximate surface area is 104 Å². The molecule has 0 radical (unpaired) electrons. The number of halogens is 3. The first-order valence-corrected chi connectivity index (χ1v) is 6.01. The molecule has 18 heavy (non-hydrogen) atoms. The van der Waals surface area contributed by atoms with Crippen molar-refractivity contribution in [3.8, 4) is 0 Å². The Morgan fingerprint density at radius 1 is 1.44 bits per heavy atom. The predicted octanol–water partition coefficient (Wildman–Crippen LogP) is 1.20. The van der Waals surface area contributed by atoms with Crippen molar-refractivity contribution < 1.29 is 22.7 Å². The summed E-state index contributed by atoms with van der Waals surface area (Å²) in [6, 6.07) is 0. The number of ether oxygens (including phenoxy) is 1. The molecule has 3 N–H and O–H groups in total. The number of amides is 1. The first-order chi connectivity index (χ1) is 8.32. The standard InChI is InChI=1S/C11H19F3N2O2/c1-2-16-10(9(15)17,8-3-4-8)7-18-6-5-11(12,13)14/h8,16H,2-7H2,1H3,(H2,15,17). The molecule has 1 aliphatic rings. The number of nitrogens with two attached hydrogens (primary N) is 1. The van der Waals surface area contributed by atoms with Gasteiger partial charge in [0.15, 0.2) is 0 Å². The van der Waals surface area contributed by atoms with E-state index in [0.717, 1.165) is 12.8 Å². The maximum absolute atomic E-state index is 12.0. The lowest BCUT2D eigenvalue weighted by Crippen LogP contribution is -2.60. The molecule has 1 aliphatic carbocycles. The summed E-state index contributed by atoms with van der Waals surface area (Å²) in [5.74, 6) is -0.486. The van der Waals surface area contributed by atoms with E-state index in [1.165, 1.54) is 0 Å². The van der Waals surface area contributed by atoms with Crippen molar-refractivity contribution in [1.29, 1.82) is 0 Å². The van der Waals surface area contributed by atoms with Crippen LogP contribution in [0.2, 0.25) is 0 Å². The minimum atomic E-state index is -4.24. The molecule has 0 aromatic carbocycles. The van der Waals surface area contributed by atoms with Gasteiger partial charge in [-0.05, 0) is 25.3 Å². The molecule has 0 saturated heterocycles. The molecule has 1 fully saturated rings. The highest BCUT2D eigenvalue weighted by Crippen LogP contribution is 2.40. The predicted molar refractivity (Wildman–Crippen MR) is 59.8 cm³/mol. The van der Waals surface area contributed by atoms with Crippen LogP contribution in [0.1, 0.15) is 26.2 Å². The summed E-state index contributed by atoms with van der Waals surface area (Å²) in [6.07, 6.45) is -3.57. The zero-order chi connectivity index (χ0) is 13.8. The molecule has 0 bridgehead atoms. The fraction of sp³-hybridized carbons (Fsp3) is 0.909. The molecule has 0 aromatic heterocycles. The van der Waals surface area contributed by atoms with Crippen molar-refractivity contribution in [3.63, 3.8) is 0 Å². The lowest BCUT2D eigenvalue weighted by atomic mass is 9.93. The molecule has 1 atom stereocenters. The lowest BCUT2D eigenvalue weighted by molar-refractivity contribution is -0.148. The number of alkyl halides is 3. The van der Waals surface area contributed by atoms with Crippen LogP contribution in [0.25, 0.3) is 0 Å². The summed E-state index contributed by atoms with van der Waals surface area (Å²) in [4.78, 5) is 11.5. The van der Waals surface area contributed by atoms with Gasteiger partial charge in [-0.15, -0.1) is 0 Å². The van der Waals surface area contributed by atoms with Gasteiger partial charge in [-0.3, -0.25) is 4.79 Å². The Bertz CT molecular complexity index is 293. The van der Waals surface area contributed by atoms with Gasteiger partial charge in [0.2, 0.25) is 5.91 Å². The Kier molecular flexibility index (Phi) is 4.98. The van der Waals surface area contributed by atoms with Crippen LogP contribution in [0.5, 0.6) is 0 Å². The van der Waals surface area contributed by atoms with Gasteiger partial charge in [0.05, 0.1) is 19.6 Å². The van der Waals surface area contributed by atoms with Crippen molar-refractivity contribution in [2.45, 2.75) is 37.9 Å². The fourth-order valence-corrected chi connectivity index (χ4v) is 1.99. The molecular formula is C11H19F3N2O2. The van der Waals surface area contributed by atoms with E-state index in [-0.39, 0.29) is 12.5 Å². The Balaban J connectivity index is 2.49. The van der Waals surface area contributed by atoms with Crippen molar-refractivity contribution in [2.75, 3.05) is 19.8 Å². The van der Waals surface area contributed by atoms with Crippen LogP contribution in [0, 0.1) is 5.92 Å². The molecule has 4 nitrogen and oxygen atoms in total. The van der Waals surface area contributed by atoms with E-state index in [2.05, 4.69) is 5.32 Å². The summed E-state index contributed by atoms with van der Waals surface area (Å²) in [5, 5.41) is 2.97. The summed E-state index contributed by atoms with van der Waals surface area (Å²) in [6.45, 7) is 1.78. The second-order valence-corrected chi connectivity index (χ2v) is 4.56. The number of likely N-dealkylation sites (N-methyl/N-ethyl adjacent to an activating group) is 1. The van der Waals surface area contributed by atoms with Crippen molar-refractivity contribution >= 4 is 5.91 Å². The SMILES string of the molecule is CCNC(COCCC(F)(F)F)(C(N)=O)C1CC1. The number of primary amides is 1. The third-order valence-electron chi connectivity index (χ3n) is 3.07. The van der Waals surface area contributed by atoms with Crippen LogP contribution in [-0.4, -0.2) is 37.4 Å². The van der Waals surface area contributed by atoms with Gasteiger partial charge in [0, 0.05) is 0 Å². The maximum atomic E-state index is 12.0. The van der Waals surface area contributed by atoms with E-state index < -0.39 is 30.7 Å². The molecule has 0 heterocycles. The minimum Gasteiger partial charge on any atom is -0.379 e. The smallest absolute Gasteiger partial charge is 0.379 e. The van der Waals surface area contributed by atoms with Gasteiger partial charge in [-0.2, -0.15) is 13.2 Å². The second-order valence-electron chi connectivity index (χ2n) is 4.56. The summed E-state index contributed by atoms with van der Waals surface area (Å²) in [5.41, 5.74) is 4.35. The molecule has 1 rings (SSSR count). The lowest BCUT2D eigenvalue weighted by Gasteiger charge is -2.31. The number of hydrogen-bond acceptors (Lipinski definition) is 3. The zero-order valence-electron chi connectivity index (χ0n) is 10.3. The van der Waals surface area contributed by atoms with Crippen molar-refractivity contribution in [3.05, 3.63) is 0 Å². The number of rotatable bonds is 8. The largest absolute Gasteiger partial charge is 0.391 e. The average molecular weight is 268 g/mol. The van der Waals surface area contributed by atoms with E-state index in [1.807, 2.05) is 6.92 Å². The first-order valence-electron chi connectivity index (χ1n) is 6.01. The number of nitrogens with one attached hydrogen (secondary N) is 1. The minimum absolute atomic E-state index is 0.0702. The second kappa shape index (κ2) is 5.88. The summed E-state index contributed by atoms with van der Waals surface area (Å²) < 4.78 is 40.9. The van der Waals surface area contributed by atoms with E-state index in [9.17, 15) is 18.0 Å². The monoisotopic (exact) mass is 268 g/mol. The van der Waals surface area contributed by atoms with Crippen LogP contribution in [0.4, 0.5) is 13.2 Å². The van der Waals surface area contributed by atoms with Gasteiger partial charge >= 0.3 is 6.18 Å². The van der Waals surface area contributed by atoms with Gasteiger partial charge < -0.3 is 15.8 Å². The van der Waals surface area contributed by atoms with Gasteiger partial charge in [0.1, 0.15) is 5.54 Å². The molecule has 7 heteroatoms. The van der Waals surface area contributed by atoms with Crippen molar-refractivity contribution in [1.82, 2.24) is 5.32 Å². The highest BCUT2D eigenvalue weighted by Gasteiger charge is 2.49. The Morgan fingerprint density at radius 3 is 2.44 bits per heavy atom. The quantitative estimate of drug-likeness (QED) is 0.650. The molecular weight excluding hydrogens is 249 g/mol. The van der Waals surface area contributed by atoms with E-state index in [1.54, 1.807) is 0 Å². The van der Waals surface area contributed by atoms with Crippen LogP contribution < -0.4 is 11.1 Å². The Morgan fingerprint density at radius 2 is 2.06 bits per heavy atom. The highest BCUT2D eigenvalue weighted by atomic mass is 19.4. The third-order valence-corrected chi connectivity index (χ3v) is 3.07. The van der Waals surface area contributed by atoms with Crippen LogP contribution >= 0.6 is 0 Å². The fourth-order valence-electron chi connectivity index (χ4n) is 1.99. The topological polar surface area (TPSA) is 64.3 Å². The van der Waals surface area contributed by atoms with Crippen LogP contribution in [0.3, 0.4) is 0 Å². The molecule has 1 amide bonds. The van der Waals surface area contributed by atoms with Crippen LogP contribution in [0.15, 0.2) is 0 Å². The van der Waals surface area contributed by atoms with Gasteiger partial charge in [-0.1, -0.05) is 6.92 Å². The third kappa shape index (κ3) is 4.13. The zero-order valence-corrected chi connectivity index (χ0v) is 10.3. The van der Waals surface area contributed by atoms with E-state index in [0.29, 0.717) is 6.54 Å². The molecule has 1 saturated carbocycles. The average Bonchev–Trinajstić information content (AvgIpc) is 3.04. The van der Waals surface area contributed by atoms with E-state index in [4.69, 9.17) is 10.5 Å². The molecule has 0 aliphatic heterocycles. The maximum Gasteiger partial charge on any atom is 0.391 e. The van der Waals surface area contributed by atoms with Crippen molar-refractivity contribution in [2.24, 2.45) is 11.7 Å². The Hall–Kier alpha value is -0.820. The molecule has 0 aromatic rings. The normalized spacial score (nSPS) is 19.6. The number of carbonyl (C=O) groups excluding carboxylic acids is 1. The summed E-state index contributed by atoms with van der Waals surface area (Å²) in [7, 11) is 0. The number of hydrogen-bond donors (Lipinski definition) is 2. The molecule has 106 valence electrons. The van der Waals surface area contributed by atoms with Crippen LogP contribution in [-0.2, 0) is 9.53 Å². The van der Waals surface area contributed by atoms with E-state index >= 15 is 0 Å². The van der Waals surface area contributed by atoms with Gasteiger partial charge in [-0.25, -0.2) is 0 Å². The van der Waals surface area contributed by atoms with Gasteiger partial charge in [0.25, 0.3) is 0 Å². The highest BCUT2D eigenvalue weighted by molar-refractivity contribution is 5.85. The number of carbonyl (C=O) groups is 1. The molecule has 1 unspecified atom stereocenters.